The van der Waals surface area contributed by atoms with Crippen molar-refractivity contribution in [3.63, 3.8) is 0 Å². The molecule has 34 heavy (non-hydrogen) atoms. The molecule has 8 nitrogen and oxygen atoms in total. The van der Waals surface area contributed by atoms with Crippen molar-refractivity contribution in [1.82, 2.24) is 24.1 Å². The first kappa shape index (κ1) is 22.5. The van der Waals surface area contributed by atoms with Crippen LogP contribution >= 0.6 is 0 Å². The summed E-state index contributed by atoms with van der Waals surface area (Å²) in [7, 11) is -3.52. The van der Waals surface area contributed by atoms with Gasteiger partial charge < -0.3 is 4.90 Å². The molecule has 1 aliphatic heterocycles. The van der Waals surface area contributed by atoms with Crippen LogP contribution in [-0.2, 0) is 10.0 Å². The summed E-state index contributed by atoms with van der Waals surface area (Å²) >= 11 is 0. The molecule has 1 fully saturated rings. The van der Waals surface area contributed by atoms with Gasteiger partial charge in [-0.1, -0.05) is 49.7 Å². The van der Waals surface area contributed by atoms with Gasteiger partial charge in [-0.2, -0.15) is 9.40 Å². The van der Waals surface area contributed by atoms with Gasteiger partial charge in [-0.05, 0) is 31.2 Å². The van der Waals surface area contributed by atoms with Crippen molar-refractivity contribution in [2.75, 3.05) is 31.1 Å². The highest BCUT2D eigenvalue weighted by Crippen LogP contribution is 2.29. The van der Waals surface area contributed by atoms with E-state index < -0.39 is 10.0 Å². The Morgan fingerprint density at radius 1 is 0.882 bits per heavy atom. The molecule has 0 aliphatic carbocycles. The van der Waals surface area contributed by atoms with Gasteiger partial charge in [-0.25, -0.2) is 23.1 Å². The average Bonchev–Trinajstić information content (AvgIpc) is 3.28. The molecule has 0 N–H and O–H groups in total. The van der Waals surface area contributed by atoms with Crippen LogP contribution in [0.15, 0.2) is 65.7 Å². The molecule has 2 aromatic carbocycles. The summed E-state index contributed by atoms with van der Waals surface area (Å²) in [5.74, 6) is 1.70. The molecule has 0 radical (unpaired) electrons. The Morgan fingerprint density at radius 2 is 1.56 bits per heavy atom. The molecule has 0 spiro atoms. The second-order valence-electron chi connectivity index (χ2n) is 8.89. The lowest BCUT2D eigenvalue weighted by molar-refractivity contribution is 0.384. The van der Waals surface area contributed by atoms with E-state index in [0.717, 1.165) is 33.9 Å². The highest BCUT2D eigenvalue weighted by Gasteiger charge is 2.30. The fourth-order valence-electron chi connectivity index (χ4n) is 4.17. The summed E-state index contributed by atoms with van der Waals surface area (Å²) < 4.78 is 29.6. The van der Waals surface area contributed by atoms with Gasteiger partial charge in [0.25, 0.3) is 0 Å². The number of para-hydroxylation sites is 1. The van der Waals surface area contributed by atoms with E-state index in [9.17, 15) is 8.42 Å². The fraction of sp³-hybridized carbons (Fsp3) is 0.320. The van der Waals surface area contributed by atoms with Crippen LogP contribution in [0.3, 0.4) is 0 Å². The maximum absolute atomic E-state index is 13.1. The number of piperazine rings is 1. The highest BCUT2D eigenvalue weighted by atomic mass is 32.2. The number of hydrogen-bond donors (Lipinski definition) is 0. The minimum atomic E-state index is -3.52. The third-order valence-electron chi connectivity index (χ3n) is 6.14. The molecule has 0 atom stereocenters. The molecule has 0 saturated carbocycles. The minimum absolute atomic E-state index is 0.144. The van der Waals surface area contributed by atoms with Crippen LogP contribution in [0.2, 0.25) is 0 Å². The van der Waals surface area contributed by atoms with Crippen molar-refractivity contribution < 1.29 is 8.42 Å². The van der Waals surface area contributed by atoms with E-state index in [4.69, 9.17) is 9.97 Å². The Balaban J connectivity index is 1.46. The normalized spacial score (nSPS) is 15.4. The van der Waals surface area contributed by atoms with Crippen LogP contribution in [0, 0.1) is 6.92 Å². The van der Waals surface area contributed by atoms with Crippen LogP contribution in [-0.4, -0.2) is 58.7 Å². The molecule has 0 unspecified atom stereocenters. The van der Waals surface area contributed by atoms with Crippen molar-refractivity contribution in [1.29, 1.82) is 0 Å². The molecule has 5 rings (SSSR count). The van der Waals surface area contributed by atoms with Crippen molar-refractivity contribution in [2.24, 2.45) is 0 Å². The molecule has 1 saturated heterocycles. The lowest BCUT2D eigenvalue weighted by atomic mass is 10.2. The number of hydrogen-bond acceptors (Lipinski definition) is 6. The van der Waals surface area contributed by atoms with E-state index in [2.05, 4.69) is 23.8 Å². The SMILES string of the molecule is Cc1ccc(S(=O)(=O)N2CCN(c3nc(C(C)C)nc4c3cnn4-c3ccccc3)CC2)cc1. The topological polar surface area (TPSA) is 84.2 Å². The summed E-state index contributed by atoms with van der Waals surface area (Å²) in [5, 5.41) is 5.47. The Bertz CT molecular complexity index is 1410. The van der Waals surface area contributed by atoms with Crippen LogP contribution in [0.5, 0.6) is 0 Å². The van der Waals surface area contributed by atoms with Gasteiger partial charge in [-0.3, -0.25) is 0 Å². The van der Waals surface area contributed by atoms with Crippen LogP contribution in [0.4, 0.5) is 5.82 Å². The van der Waals surface area contributed by atoms with E-state index >= 15 is 0 Å². The Morgan fingerprint density at radius 3 is 2.21 bits per heavy atom. The van der Waals surface area contributed by atoms with Gasteiger partial charge in [0.05, 0.1) is 22.2 Å². The number of anilines is 1. The highest BCUT2D eigenvalue weighted by molar-refractivity contribution is 7.89. The molecule has 0 bridgehead atoms. The fourth-order valence-corrected chi connectivity index (χ4v) is 5.59. The first-order valence-electron chi connectivity index (χ1n) is 11.5. The zero-order valence-electron chi connectivity index (χ0n) is 19.6. The smallest absolute Gasteiger partial charge is 0.243 e. The third kappa shape index (κ3) is 4.05. The summed E-state index contributed by atoms with van der Waals surface area (Å²) in [6.07, 6.45) is 1.80. The van der Waals surface area contributed by atoms with Gasteiger partial charge >= 0.3 is 0 Å². The third-order valence-corrected chi connectivity index (χ3v) is 8.05. The summed E-state index contributed by atoms with van der Waals surface area (Å²) in [6, 6.07) is 16.9. The largest absolute Gasteiger partial charge is 0.353 e. The van der Waals surface area contributed by atoms with Crippen molar-refractivity contribution >= 4 is 26.9 Å². The summed E-state index contributed by atoms with van der Waals surface area (Å²) in [4.78, 5) is 12.2. The zero-order chi connectivity index (χ0) is 23.9. The first-order chi connectivity index (χ1) is 16.3. The number of rotatable bonds is 5. The second-order valence-corrected chi connectivity index (χ2v) is 10.8. The van der Waals surface area contributed by atoms with E-state index in [1.165, 1.54) is 0 Å². The van der Waals surface area contributed by atoms with Crippen molar-refractivity contribution in [3.05, 3.63) is 72.2 Å². The molecular weight excluding hydrogens is 448 g/mol. The first-order valence-corrected chi connectivity index (χ1v) is 12.9. The van der Waals surface area contributed by atoms with E-state index in [-0.39, 0.29) is 5.92 Å². The molecule has 3 heterocycles. The standard InChI is InChI=1S/C25H28N6O2S/c1-18(2)23-27-24(22-17-26-31(25(22)28-23)20-7-5-4-6-8-20)29-13-15-30(16-14-29)34(32,33)21-11-9-19(3)10-12-21/h4-12,17-18H,13-16H2,1-3H3. The maximum atomic E-state index is 13.1. The average molecular weight is 477 g/mol. The van der Waals surface area contributed by atoms with E-state index in [1.54, 1.807) is 22.6 Å². The summed E-state index contributed by atoms with van der Waals surface area (Å²) in [5.41, 5.74) is 2.73. The van der Waals surface area contributed by atoms with Crippen molar-refractivity contribution in [3.8, 4) is 5.69 Å². The lowest BCUT2D eigenvalue weighted by Gasteiger charge is -2.35. The van der Waals surface area contributed by atoms with E-state index in [1.807, 2.05) is 54.1 Å². The number of sulfonamides is 1. The molecule has 2 aromatic heterocycles. The molecular formula is C25H28N6O2S. The number of fused-ring (bicyclic) bond motifs is 1. The molecule has 9 heteroatoms. The van der Waals surface area contributed by atoms with Crippen molar-refractivity contribution in [2.45, 2.75) is 31.6 Å². The Hall–Kier alpha value is -3.30. The van der Waals surface area contributed by atoms with Gasteiger partial charge in [0.1, 0.15) is 11.6 Å². The Labute approximate surface area is 199 Å². The van der Waals surface area contributed by atoms with Gasteiger partial charge in [0, 0.05) is 32.1 Å². The van der Waals surface area contributed by atoms with Gasteiger partial charge in [0.15, 0.2) is 5.65 Å². The molecule has 1 aliphatic rings. The second kappa shape index (κ2) is 8.81. The summed E-state index contributed by atoms with van der Waals surface area (Å²) in [6.45, 7) is 7.97. The van der Waals surface area contributed by atoms with Gasteiger partial charge in [-0.15, -0.1) is 0 Å². The Kier molecular flexibility index (Phi) is 5.83. The van der Waals surface area contributed by atoms with Crippen LogP contribution in [0.25, 0.3) is 16.7 Å². The number of aryl methyl sites for hydroxylation is 1. The number of nitrogens with zero attached hydrogens (tertiary/aromatic N) is 6. The number of benzene rings is 2. The monoisotopic (exact) mass is 476 g/mol. The molecule has 0 amide bonds. The van der Waals surface area contributed by atoms with Crippen LogP contribution in [0.1, 0.15) is 31.2 Å². The maximum Gasteiger partial charge on any atom is 0.243 e. The lowest BCUT2D eigenvalue weighted by Crippen LogP contribution is -2.49. The minimum Gasteiger partial charge on any atom is -0.353 e. The zero-order valence-corrected chi connectivity index (χ0v) is 20.4. The predicted octanol–water partition coefficient (Wildman–Crippen LogP) is 3.76. The molecule has 4 aromatic rings. The quantitative estimate of drug-likeness (QED) is 0.436. The predicted molar refractivity (Wildman–Crippen MR) is 133 cm³/mol. The van der Waals surface area contributed by atoms with E-state index in [0.29, 0.717) is 31.1 Å². The van der Waals surface area contributed by atoms with Gasteiger partial charge in [0.2, 0.25) is 10.0 Å². The molecule has 176 valence electrons. The van der Waals surface area contributed by atoms with Crippen LogP contribution < -0.4 is 4.90 Å². The number of aromatic nitrogens is 4.